The monoisotopic (exact) mass is 504 g/mol. The number of hydrogen-bond acceptors (Lipinski definition) is 6. The number of carbonyl (C=O) groups is 1. The van der Waals surface area contributed by atoms with Crippen LogP contribution in [-0.2, 0) is 10.0 Å². The van der Waals surface area contributed by atoms with Crippen LogP contribution in [0, 0.1) is 11.7 Å². The van der Waals surface area contributed by atoms with Gasteiger partial charge in [-0.05, 0) is 36.3 Å². The first-order chi connectivity index (χ1) is 16.2. The molecular formula is C24H25FN2O5S2. The van der Waals surface area contributed by atoms with Gasteiger partial charge in [-0.15, -0.1) is 11.3 Å². The van der Waals surface area contributed by atoms with Gasteiger partial charge < -0.3 is 9.84 Å². The lowest BCUT2D eigenvalue weighted by molar-refractivity contribution is 0.0691. The first-order valence-corrected chi connectivity index (χ1v) is 13.2. The summed E-state index contributed by atoms with van der Waals surface area (Å²) in [5.41, 5.74) is 1.28. The Hall–Kier alpha value is -2.98. The van der Waals surface area contributed by atoms with E-state index in [0.717, 1.165) is 35.0 Å². The van der Waals surface area contributed by atoms with Crippen molar-refractivity contribution in [3.63, 3.8) is 0 Å². The molecule has 0 unspecified atom stereocenters. The Morgan fingerprint density at radius 2 is 1.85 bits per heavy atom. The molecule has 3 aromatic rings. The number of nitrogens with one attached hydrogen (secondary N) is 1. The summed E-state index contributed by atoms with van der Waals surface area (Å²) in [6, 6.07) is 9.80. The van der Waals surface area contributed by atoms with Crippen LogP contribution in [0.2, 0.25) is 0 Å². The normalized spacial score (nSPS) is 18.4. The van der Waals surface area contributed by atoms with E-state index in [1.165, 1.54) is 44.6 Å². The molecule has 4 rings (SSSR count). The van der Waals surface area contributed by atoms with E-state index >= 15 is 0 Å². The fraction of sp³-hybridized carbons (Fsp3) is 0.333. The van der Waals surface area contributed by atoms with Gasteiger partial charge in [0.1, 0.15) is 16.6 Å². The molecule has 0 radical (unpaired) electrons. The standard InChI is InChI=1S/C24H25FN2O5S2/c1-14-3-5-15(6-4-14)16-7-9-17(10-8-16)23-26-13-22(33-23)34(30,31)27-20-12-19(25)18(24(28)29)11-21(20)32-2/h7-15,27H,3-6H2,1-2H3,(H,28,29)/t14-,15+. The highest BCUT2D eigenvalue weighted by Gasteiger charge is 2.24. The van der Waals surface area contributed by atoms with Crippen molar-refractivity contribution >= 4 is 33.0 Å². The van der Waals surface area contributed by atoms with Crippen molar-refractivity contribution in [2.75, 3.05) is 11.8 Å². The number of aromatic nitrogens is 1. The molecule has 0 saturated heterocycles. The molecule has 2 aromatic carbocycles. The van der Waals surface area contributed by atoms with Gasteiger partial charge in [-0.3, -0.25) is 4.72 Å². The lowest BCUT2D eigenvalue weighted by Gasteiger charge is -2.26. The third-order valence-electron chi connectivity index (χ3n) is 6.16. The number of carboxylic acid groups (broad SMARTS) is 1. The van der Waals surface area contributed by atoms with Gasteiger partial charge in [0.05, 0.1) is 24.6 Å². The van der Waals surface area contributed by atoms with E-state index in [2.05, 4.69) is 28.8 Å². The largest absolute Gasteiger partial charge is 0.495 e. The Morgan fingerprint density at radius 3 is 2.47 bits per heavy atom. The predicted molar refractivity (Wildman–Crippen MR) is 129 cm³/mol. The maximum absolute atomic E-state index is 14.1. The van der Waals surface area contributed by atoms with Gasteiger partial charge in [0, 0.05) is 11.6 Å². The van der Waals surface area contributed by atoms with E-state index in [4.69, 9.17) is 9.84 Å². The molecule has 1 saturated carbocycles. The van der Waals surface area contributed by atoms with Crippen LogP contribution in [0.15, 0.2) is 46.8 Å². The third-order valence-corrected chi connectivity index (χ3v) is 9.03. The van der Waals surface area contributed by atoms with Gasteiger partial charge in [-0.2, -0.15) is 0 Å². The number of sulfonamides is 1. The highest BCUT2D eigenvalue weighted by molar-refractivity contribution is 7.94. The van der Waals surface area contributed by atoms with Crippen LogP contribution in [0.25, 0.3) is 10.6 Å². The summed E-state index contributed by atoms with van der Waals surface area (Å²) < 4.78 is 47.2. The van der Waals surface area contributed by atoms with Gasteiger partial charge in [0.25, 0.3) is 10.0 Å². The van der Waals surface area contributed by atoms with Gasteiger partial charge in [-0.25, -0.2) is 22.6 Å². The average molecular weight is 505 g/mol. The Balaban J connectivity index is 1.53. The molecule has 180 valence electrons. The van der Waals surface area contributed by atoms with E-state index in [1.54, 1.807) is 0 Å². The number of aromatic carboxylic acids is 1. The first kappa shape index (κ1) is 24.2. The average Bonchev–Trinajstić information content (AvgIpc) is 3.31. The Bertz CT molecular complexity index is 1300. The number of ether oxygens (including phenoxy) is 1. The molecule has 1 fully saturated rings. The molecule has 1 heterocycles. The summed E-state index contributed by atoms with van der Waals surface area (Å²) in [5.74, 6) is -1.33. The Labute approximate surface area is 201 Å². The molecule has 7 nitrogen and oxygen atoms in total. The van der Waals surface area contributed by atoms with Gasteiger partial charge >= 0.3 is 5.97 Å². The van der Waals surface area contributed by atoms with Gasteiger partial charge in [0.15, 0.2) is 4.21 Å². The fourth-order valence-corrected chi connectivity index (χ4v) is 6.37. The summed E-state index contributed by atoms with van der Waals surface area (Å²) in [7, 11) is -2.87. The summed E-state index contributed by atoms with van der Waals surface area (Å²) in [6.45, 7) is 2.29. The zero-order valence-electron chi connectivity index (χ0n) is 18.7. The maximum Gasteiger partial charge on any atom is 0.338 e. The molecule has 2 N–H and O–H groups in total. The van der Waals surface area contributed by atoms with Gasteiger partial charge in [-0.1, -0.05) is 44.0 Å². The second-order valence-electron chi connectivity index (χ2n) is 8.51. The number of hydrogen-bond donors (Lipinski definition) is 2. The Kier molecular flexibility index (Phi) is 6.90. The molecule has 0 bridgehead atoms. The SMILES string of the molecule is COc1cc(C(=O)O)c(F)cc1NS(=O)(=O)c1cnc(-c2ccc([C@H]3CC[C@@H](C)CC3)cc2)s1. The third kappa shape index (κ3) is 5.07. The molecule has 34 heavy (non-hydrogen) atoms. The van der Waals surface area contributed by atoms with E-state index in [1.807, 2.05) is 12.1 Å². The van der Waals surface area contributed by atoms with Crippen molar-refractivity contribution in [1.29, 1.82) is 0 Å². The topological polar surface area (TPSA) is 106 Å². The highest BCUT2D eigenvalue weighted by atomic mass is 32.2. The van der Waals surface area contributed by atoms with Crippen molar-refractivity contribution in [2.45, 2.75) is 42.7 Å². The summed E-state index contributed by atoms with van der Waals surface area (Å²) in [4.78, 5) is 15.4. The number of nitrogens with zero attached hydrogens (tertiary/aromatic N) is 1. The van der Waals surface area contributed by atoms with Crippen molar-refractivity contribution in [3.05, 3.63) is 59.5 Å². The number of anilines is 1. The van der Waals surface area contributed by atoms with Crippen LogP contribution < -0.4 is 9.46 Å². The van der Waals surface area contributed by atoms with Crippen molar-refractivity contribution in [3.8, 4) is 16.3 Å². The molecule has 0 amide bonds. The lowest BCUT2D eigenvalue weighted by Crippen LogP contribution is -2.13. The lowest BCUT2D eigenvalue weighted by atomic mass is 9.79. The minimum Gasteiger partial charge on any atom is -0.495 e. The molecular weight excluding hydrogens is 479 g/mol. The van der Waals surface area contributed by atoms with Crippen LogP contribution >= 0.6 is 11.3 Å². The van der Waals surface area contributed by atoms with Crippen LogP contribution in [0.4, 0.5) is 10.1 Å². The zero-order valence-corrected chi connectivity index (χ0v) is 20.4. The second kappa shape index (κ2) is 9.71. The van der Waals surface area contributed by atoms with Crippen molar-refractivity contribution < 1.29 is 27.4 Å². The van der Waals surface area contributed by atoms with E-state index in [0.29, 0.717) is 10.9 Å². The van der Waals surface area contributed by atoms with Gasteiger partial charge in [0.2, 0.25) is 0 Å². The number of thiazole rings is 1. The number of benzene rings is 2. The number of rotatable bonds is 7. The van der Waals surface area contributed by atoms with Crippen LogP contribution in [0.1, 0.15) is 54.4 Å². The summed E-state index contributed by atoms with van der Waals surface area (Å²) >= 11 is 0.989. The zero-order chi connectivity index (χ0) is 24.5. The molecule has 0 aliphatic heterocycles. The summed E-state index contributed by atoms with van der Waals surface area (Å²) in [6.07, 6.45) is 6.08. The number of carboxylic acids is 1. The predicted octanol–water partition coefficient (Wildman–Crippen LogP) is 5.75. The summed E-state index contributed by atoms with van der Waals surface area (Å²) in [5, 5.41) is 9.60. The van der Waals surface area contributed by atoms with Crippen LogP contribution in [0.3, 0.4) is 0 Å². The molecule has 10 heteroatoms. The quantitative estimate of drug-likeness (QED) is 0.424. The van der Waals surface area contributed by atoms with E-state index in [9.17, 15) is 17.6 Å². The van der Waals surface area contributed by atoms with Crippen LogP contribution in [-0.4, -0.2) is 31.6 Å². The van der Waals surface area contributed by atoms with Crippen molar-refractivity contribution in [2.24, 2.45) is 5.92 Å². The minimum atomic E-state index is -4.10. The number of halogens is 1. The van der Waals surface area contributed by atoms with E-state index < -0.39 is 27.4 Å². The van der Waals surface area contributed by atoms with Crippen molar-refractivity contribution in [1.82, 2.24) is 4.98 Å². The number of methoxy groups -OCH3 is 1. The van der Waals surface area contributed by atoms with E-state index in [-0.39, 0.29) is 15.6 Å². The molecule has 0 atom stereocenters. The Morgan fingerprint density at radius 1 is 1.18 bits per heavy atom. The molecule has 0 spiro atoms. The smallest absolute Gasteiger partial charge is 0.338 e. The fourth-order valence-electron chi connectivity index (χ4n) is 4.17. The molecule has 1 aliphatic rings. The molecule has 1 aromatic heterocycles. The maximum atomic E-state index is 14.1. The minimum absolute atomic E-state index is 0.0578. The highest BCUT2D eigenvalue weighted by Crippen LogP contribution is 2.37. The van der Waals surface area contributed by atoms with Crippen LogP contribution in [0.5, 0.6) is 5.75 Å². The molecule has 1 aliphatic carbocycles. The first-order valence-electron chi connectivity index (χ1n) is 10.9. The second-order valence-corrected chi connectivity index (χ2v) is 11.4.